The van der Waals surface area contributed by atoms with Gasteiger partial charge in [-0.25, -0.2) is 0 Å². The first-order chi connectivity index (χ1) is 13.5. The lowest BCUT2D eigenvalue weighted by atomic mass is 9.88. The van der Waals surface area contributed by atoms with Crippen LogP contribution < -0.4 is 10.6 Å². The molecule has 142 valence electrons. The van der Waals surface area contributed by atoms with E-state index in [0.717, 1.165) is 11.1 Å². The van der Waals surface area contributed by atoms with E-state index in [1.54, 1.807) is 18.2 Å². The van der Waals surface area contributed by atoms with E-state index in [4.69, 9.17) is 11.6 Å². The molecule has 3 rings (SSSR count). The summed E-state index contributed by atoms with van der Waals surface area (Å²) >= 11 is 6.22. The van der Waals surface area contributed by atoms with Gasteiger partial charge in [-0.2, -0.15) is 0 Å². The van der Waals surface area contributed by atoms with Crippen molar-refractivity contribution in [2.45, 2.75) is 19.3 Å². The number of carbonyl (C=O) groups is 2. The zero-order chi connectivity index (χ0) is 19.9. The molecular formula is C23H21ClN2O2. The van der Waals surface area contributed by atoms with Crippen molar-refractivity contribution < 1.29 is 9.59 Å². The van der Waals surface area contributed by atoms with Gasteiger partial charge in [-0.1, -0.05) is 72.3 Å². The molecule has 0 spiro atoms. The lowest BCUT2D eigenvalue weighted by Gasteiger charge is -2.18. The number of rotatable bonds is 6. The van der Waals surface area contributed by atoms with Crippen LogP contribution in [0.1, 0.15) is 30.4 Å². The van der Waals surface area contributed by atoms with Crippen molar-refractivity contribution >= 4 is 34.8 Å². The third kappa shape index (κ3) is 5.21. The third-order valence-corrected chi connectivity index (χ3v) is 4.68. The Labute approximate surface area is 169 Å². The minimum atomic E-state index is -0.187. The number of hydrogen-bond donors (Lipinski definition) is 2. The van der Waals surface area contributed by atoms with E-state index in [1.165, 1.54) is 6.92 Å². The van der Waals surface area contributed by atoms with Gasteiger partial charge in [0.2, 0.25) is 11.8 Å². The molecule has 0 heterocycles. The summed E-state index contributed by atoms with van der Waals surface area (Å²) in [5.41, 5.74) is 3.19. The molecule has 0 radical (unpaired) electrons. The average Bonchev–Trinajstić information content (AvgIpc) is 2.69. The van der Waals surface area contributed by atoms with Gasteiger partial charge in [-0.15, -0.1) is 0 Å². The van der Waals surface area contributed by atoms with Crippen molar-refractivity contribution in [3.63, 3.8) is 0 Å². The number of hydrogen-bond acceptors (Lipinski definition) is 2. The van der Waals surface area contributed by atoms with Gasteiger partial charge in [0.25, 0.3) is 0 Å². The van der Waals surface area contributed by atoms with Crippen LogP contribution >= 0.6 is 11.6 Å². The normalized spacial score (nSPS) is 10.5. The lowest BCUT2D eigenvalue weighted by molar-refractivity contribution is -0.116. The molecule has 0 bridgehead atoms. The molecule has 0 unspecified atom stereocenters. The maximum atomic E-state index is 12.8. The van der Waals surface area contributed by atoms with Gasteiger partial charge >= 0.3 is 0 Å². The second-order valence-corrected chi connectivity index (χ2v) is 6.91. The highest BCUT2D eigenvalue weighted by molar-refractivity contribution is 6.33. The Morgan fingerprint density at radius 1 is 0.857 bits per heavy atom. The average molecular weight is 393 g/mol. The number of halogens is 1. The molecule has 0 aliphatic heterocycles. The quantitative estimate of drug-likeness (QED) is 0.585. The van der Waals surface area contributed by atoms with Crippen LogP contribution in [0.2, 0.25) is 5.02 Å². The molecule has 2 amide bonds. The van der Waals surface area contributed by atoms with Crippen LogP contribution in [-0.2, 0) is 9.59 Å². The largest absolute Gasteiger partial charge is 0.326 e. The van der Waals surface area contributed by atoms with Crippen molar-refractivity contribution in [1.29, 1.82) is 0 Å². The van der Waals surface area contributed by atoms with E-state index in [1.807, 2.05) is 60.7 Å². The van der Waals surface area contributed by atoms with Crippen LogP contribution in [0.25, 0.3) is 0 Å². The summed E-state index contributed by atoms with van der Waals surface area (Å²) in [5.74, 6) is -0.410. The zero-order valence-corrected chi connectivity index (χ0v) is 16.2. The van der Waals surface area contributed by atoms with Gasteiger partial charge in [0, 0.05) is 24.9 Å². The smallest absolute Gasteiger partial charge is 0.225 e. The van der Waals surface area contributed by atoms with Crippen molar-refractivity contribution in [3.8, 4) is 0 Å². The molecule has 0 fully saturated rings. The summed E-state index contributed by atoms with van der Waals surface area (Å²) in [4.78, 5) is 24.1. The maximum absolute atomic E-state index is 12.8. The summed E-state index contributed by atoms with van der Waals surface area (Å²) < 4.78 is 0. The Balaban J connectivity index is 1.81. The minimum Gasteiger partial charge on any atom is -0.326 e. The second-order valence-electron chi connectivity index (χ2n) is 6.50. The van der Waals surface area contributed by atoms with Crippen molar-refractivity contribution in [1.82, 2.24) is 0 Å². The standard InChI is InChI=1S/C23H21ClN2O2/c1-16(27)25-19-12-13-21(24)22(14-19)26-23(28)15-20(17-8-4-2-5-9-17)18-10-6-3-7-11-18/h2-14,20H,15H2,1H3,(H,25,27)(H,26,28). The maximum Gasteiger partial charge on any atom is 0.225 e. The molecule has 0 aliphatic carbocycles. The molecule has 0 saturated heterocycles. The van der Waals surface area contributed by atoms with Crippen molar-refractivity contribution in [2.24, 2.45) is 0 Å². The summed E-state index contributed by atoms with van der Waals surface area (Å²) in [5, 5.41) is 5.98. The van der Waals surface area contributed by atoms with E-state index >= 15 is 0 Å². The van der Waals surface area contributed by atoms with E-state index in [-0.39, 0.29) is 24.2 Å². The van der Waals surface area contributed by atoms with Gasteiger partial charge in [0.05, 0.1) is 10.7 Å². The van der Waals surface area contributed by atoms with Crippen LogP contribution in [-0.4, -0.2) is 11.8 Å². The highest BCUT2D eigenvalue weighted by atomic mass is 35.5. The Morgan fingerprint density at radius 3 is 1.96 bits per heavy atom. The number of carbonyl (C=O) groups excluding carboxylic acids is 2. The molecule has 5 heteroatoms. The monoisotopic (exact) mass is 392 g/mol. The highest BCUT2D eigenvalue weighted by Gasteiger charge is 2.19. The van der Waals surface area contributed by atoms with E-state index in [9.17, 15) is 9.59 Å². The lowest BCUT2D eigenvalue weighted by Crippen LogP contribution is -2.17. The first-order valence-electron chi connectivity index (χ1n) is 9.00. The minimum absolute atomic E-state index is 0.0697. The van der Waals surface area contributed by atoms with Gasteiger partial charge in [-0.3, -0.25) is 9.59 Å². The van der Waals surface area contributed by atoms with E-state index in [2.05, 4.69) is 10.6 Å². The summed E-state index contributed by atoms with van der Waals surface area (Å²) in [7, 11) is 0. The Morgan fingerprint density at radius 2 is 1.43 bits per heavy atom. The Kier molecular flexibility index (Phi) is 6.45. The number of anilines is 2. The predicted molar refractivity (Wildman–Crippen MR) is 114 cm³/mol. The van der Waals surface area contributed by atoms with Gasteiger partial charge < -0.3 is 10.6 Å². The van der Waals surface area contributed by atoms with Crippen LogP contribution in [0, 0.1) is 0 Å². The third-order valence-electron chi connectivity index (χ3n) is 4.35. The van der Waals surface area contributed by atoms with Crippen molar-refractivity contribution in [2.75, 3.05) is 10.6 Å². The molecule has 28 heavy (non-hydrogen) atoms. The topological polar surface area (TPSA) is 58.2 Å². The van der Waals surface area contributed by atoms with E-state index in [0.29, 0.717) is 16.4 Å². The first-order valence-corrected chi connectivity index (χ1v) is 9.37. The SMILES string of the molecule is CC(=O)Nc1ccc(Cl)c(NC(=O)CC(c2ccccc2)c2ccccc2)c1. The molecule has 0 saturated carbocycles. The fourth-order valence-corrected chi connectivity index (χ4v) is 3.25. The fraction of sp³-hybridized carbons (Fsp3) is 0.130. The summed E-state index contributed by atoms with van der Waals surface area (Å²) in [6.45, 7) is 1.43. The van der Waals surface area contributed by atoms with Crippen LogP contribution in [0.15, 0.2) is 78.9 Å². The molecule has 0 aliphatic rings. The highest BCUT2D eigenvalue weighted by Crippen LogP contribution is 2.30. The predicted octanol–water partition coefficient (Wildman–Crippen LogP) is 5.46. The number of nitrogens with one attached hydrogen (secondary N) is 2. The number of benzene rings is 3. The summed E-state index contributed by atoms with van der Waals surface area (Å²) in [6, 6.07) is 24.9. The second kappa shape index (κ2) is 9.20. The zero-order valence-electron chi connectivity index (χ0n) is 15.5. The fourth-order valence-electron chi connectivity index (χ4n) is 3.09. The van der Waals surface area contributed by atoms with Crippen LogP contribution in [0.4, 0.5) is 11.4 Å². The van der Waals surface area contributed by atoms with Gasteiger partial charge in [-0.05, 0) is 29.3 Å². The first kappa shape index (κ1) is 19.6. The van der Waals surface area contributed by atoms with Gasteiger partial charge in [0.15, 0.2) is 0 Å². The molecule has 0 aromatic heterocycles. The molecular weight excluding hydrogens is 372 g/mol. The van der Waals surface area contributed by atoms with E-state index < -0.39 is 0 Å². The van der Waals surface area contributed by atoms with Crippen LogP contribution in [0.3, 0.4) is 0 Å². The molecule has 3 aromatic rings. The molecule has 0 atom stereocenters. The molecule has 3 aromatic carbocycles. The molecule has 4 nitrogen and oxygen atoms in total. The van der Waals surface area contributed by atoms with Crippen LogP contribution in [0.5, 0.6) is 0 Å². The molecule has 2 N–H and O–H groups in total. The van der Waals surface area contributed by atoms with Gasteiger partial charge in [0.1, 0.15) is 0 Å². The number of amides is 2. The van der Waals surface area contributed by atoms with Crippen molar-refractivity contribution in [3.05, 3.63) is 95.0 Å². The Bertz CT molecular complexity index is 919. The Hall–Kier alpha value is -3.11. The summed E-state index contributed by atoms with van der Waals surface area (Å²) in [6.07, 6.45) is 0.273.